The van der Waals surface area contributed by atoms with Gasteiger partial charge >= 0.3 is 24.2 Å². The monoisotopic (exact) mass is 362 g/mol. The summed E-state index contributed by atoms with van der Waals surface area (Å²) in [6.07, 6.45) is -11.1. The van der Waals surface area contributed by atoms with E-state index in [1.807, 2.05) is 0 Å². The Kier molecular flexibility index (Phi) is 5.62. The third kappa shape index (κ3) is 4.03. The molecule has 0 aromatic rings. The van der Waals surface area contributed by atoms with E-state index in [0.717, 1.165) is 0 Å². The van der Waals surface area contributed by atoms with E-state index >= 15 is 0 Å². The first-order valence-corrected chi connectivity index (χ1v) is 6.68. The van der Waals surface area contributed by atoms with Gasteiger partial charge in [0.15, 0.2) is 0 Å². The highest BCUT2D eigenvalue weighted by Gasteiger charge is 2.55. The zero-order valence-corrected chi connectivity index (χ0v) is 12.2. The average molecular weight is 362 g/mol. The quantitative estimate of drug-likeness (QED) is 0.712. The molecule has 1 fully saturated rings. The smallest absolute Gasteiger partial charge is 0.272 e. The van der Waals surface area contributed by atoms with Crippen molar-refractivity contribution in [2.24, 2.45) is 0 Å². The van der Waals surface area contributed by atoms with E-state index in [2.05, 4.69) is 0 Å². The van der Waals surface area contributed by atoms with Crippen LogP contribution in [-0.4, -0.2) is 58.4 Å². The number of nitrogens with zero attached hydrogens (tertiary/aromatic N) is 2. The van der Waals surface area contributed by atoms with Crippen LogP contribution in [0.15, 0.2) is 0 Å². The number of unbranched alkanes of at least 4 members (excludes halogenated alkanes) is 1. The molecule has 1 rings (SSSR count). The van der Waals surface area contributed by atoms with Crippen LogP contribution in [0.3, 0.4) is 0 Å². The third-order valence-electron chi connectivity index (χ3n) is 3.20. The van der Waals surface area contributed by atoms with Gasteiger partial charge < -0.3 is 0 Å². The van der Waals surface area contributed by atoms with Crippen molar-refractivity contribution < 1.29 is 45.5 Å². The summed E-state index contributed by atoms with van der Waals surface area (Å²) in [5.41, 5.74) is 0. The van der Waals surface area contributed by atoms with E-state index in [1.165, 1.54) is 0 Å². The molecule has 24 heavy (non-hydrogen) atoms. The van der Waals surface area contributed by atoms with Gasteiger partial charge in [-0.1, -0.05) is 19.8 Å². The molecular weight excluding hydrogens is 350 g/mol. The maximum Gasteiger partial charge on any atom is 0.471 e. The number of hydrogen-bond donors (Lipinski definition) is 0. The summed E-state index contributed by atoms with van der Waals surface area (Å²) in [5, 5.41) is 0. The Balaban J connectivity index is 3.23. The van der Waals surface area contributed by atoms with Gasteiger partial charge in [0.2, 0.25) is 5.91 Å². The number of carbonyl (C=O) groups excluding carboxylic acids is 4. The van der Waals surface area contributed by atoms with Gasteiger partial charge in [0.25, 0.3) is 5.91 Å². The molecule has 1 aliphatic rings. The van der Waals surface area contributed by atoms with E-state index in [9.17, 15) is 45.5 Å². The first-order valence-electron chi connectivity index (χ1n) is 6.68. The SMILES string of the molecule is CCCCC1C(=O)N(C(=O)C(F)(F)F)CC(=O)N1C(=O)C(F)(F)F. The van der Waals surface area contributed by atoms with E-state index < -0.39 is 64.8 Å². The van der Waals surface area contributed by atoms with Gasteiger partial charge in [0.1, 0.15) is 12.6 Å². The summed E-state index contributed by atoms with van der Waals surface area (Å²) in [4.78, 5) is 45.4. The average Bonchev–Trinajstić information content (AvgIpc) is 2.44. The third-order valence-corrected chi connectivity index (χ3v) is 3.20. The van der Waals surface area contributed by atoms with Crippen molar-refractivity contribution in [3.63, 3.8) is 0 Å². The van der Waals surface area contributed by atoms with Crippen molar-refractivity contribution in [1.82, 2.24) is 9.80 Å². The molecule has 12 heteroatoms. The zero-order valence-electron chi connectivity index (χ0n) is 12.2. The molecular formula is C12H12F6N2O4. The second-order valence-electron chi connectivity index (χ2n) is 4.95. The van der Waals surface area contributed by atoms with E-state index in [-0.39, 0.29) is 6.42 Å². The largest absolute Gasteiger partial charge is 0.471 e. The normalized spacial score (nSPS) is 19.7. The number of alkyl halides is 6. The molecule has 136 valence electrons. The lowest BCUT2D eigenvalue weighted by molar-refractivity contribution is -0.201. The molecule has 0 spiro atoms. The van der Waals surface area contributed by atoms with Gasteiger partial charge in [-0.2, -0.15) is 26.3 Å². The van der Waals surface area contributed by atoms with Gasteiger partial charge in [-0.15, -0.1) is 0 Å². The van der Waals surface area contributed by atoms with E-state index in [0.29, 0.717) is 6.42 Å². The van der Waals surface area contributed by atoms with Crippen LogP contribution in [0.2, 0.25) is 0 Å². The molecule has 0 N–H and O–H groups in total. The number of hydrogen-bond acceptors (Lipinski definition) is 4. The Bertz CT molecular complexity index is 557. The van der Waals surface area contributed by atoms with Gasteiger partial charge in [0, 0.05) is 0 Å². The Hall–Kier alpha value is -2.14. The number of carbonyl (C=O) groups is 4. The minimum absolute atomic E-state index is 0.0549. The molecule has 1 saturated heterocycles. The molecule has 0 saturated carbocycles. The molecule has 0 aromatic heterocycles. The van der Waals surface area contributed by atoms with Crippen LogP contribution < -0.4 is 0 Å². The molecule has 4 amide bonds. The second kappa shape index (κ2) is 6.77. The number of piperazine rings is 1. The number of imide groups is 2. The fourth-order valence-electron chi connectivity index (χ4n) is 2.12. The fraction of sp³-hybridized carbons (Fsp3) is 0.667. The summed E-state index contributed by atoms with van der Waals surface area (Å²) in [6, 6.07) is -2.10. The molecule has 1 heterocycles. The molecule has 1 aliphatic heterocycles. The van der Waals surface area contributed by atoms with Gasteiger partial charge in [-0.3, -0.25) is 29.0 Å². The van der Waals surface area contributed by atoms with Crippen LogP contribution in [0, 0.1) is 0 Å². The van der Waals surface area contributed by atoms with Crippen molar-refractivity contribution in [2.75, 3.05) is 6.54 Å². The first-order chi connectivity index (χ1) is 10.8. The van der Waals surface area contributed by atoms with Crippen molar-refractivity contribution in [1.29, 1.82) is 0 Å². The lowest BCUT2D eigenvalue weighted by Gasteiger charge is -2.38. The molecule has 6 nitrogen and oxygen atoms in total. The number of amides is 4. The molecule has 1 unspecified atom stereocenters. The number of rotatable bonds is 3. The van der Waals surface area contributed by atoms with Gasteiger partial charge in [-0.05, 0) is 6.42 Å². The predicted molar refractivity (Wildman–Crippen MR) is 64.0 cm³/mol. The molecule has 0 aliphatic carbocycles. The fourth-order valence-corrected chi connectivity index (χ4v) is 2.12. The summed E-state index contributed by atoms with van der Waals surface area (Å²) >= 11 is 0. The number of halogens is 6. The molecule has 0 aromatic carbocycles. The highest BCUT2D eigenvalue weighted by atomic mass is 19.4. The maximum atomic E-state index is 12.6. The Labute approximate surface area is 131 Å². The van der Waals surface area contributed by atoms with Crippen LogP contribution >= 0.6 is 0 Å². The van der Waals surface area contributed by atoms with Crippen molar-refractivity contribution >= 4 is 23.6 Å². The standard InChI is InChI=1S/C12H12F6N2O4/c1-2-3-4-6-8(22)19(9(23)11(13,14)15)5-7(21)20(6)10(24)12(16,17)18/h6H,2-5H2,1H3. The van der Waals surface area contributed by atoms with Crippen LogP contribution in [0.5, 0.6) is 0 Å². The second-order valence-corrected chi connectivity index (χ2v) is 4.95. The highest BCUT2D eigenvalue weighted by molar-refractivity contribution is 6.12. The summed E-state index contributed by atoms with van der Waals surface area (Å²) in [6.45, 7) is -0.00863. The molecule has 1 atom stereocenters. The van der Waals surface area contributed by atoms with Gasteiger partial charge in [0.05, 0.1) is 0 Å². The lowest BCUT2D eigenvalue weighted by atomic mass is 10.0. The predicted octanol–water partition coefficient (Wildman–Crippen LogP) is 1.39. The summed E-state index contributed by atoms with van der Waals surface area (Å²) < 4.78 is 75.0. The Morgan fingerprint density at radius 1 is 1.04 bits per heavy atom. The topological polar surface area (TPSA) is 74.8 Å². The highest BCUT2D eigenvalue weighted by Crippen LogP contribution is 2.28. The summed E-state index contributed by atoms with van der Waals surface area (Å²) in [5.74, 6) is -8.68. The van der Waals surface area contributed by atoms with E-state index in [4.69, 9.17) is 0 Å². The maximum absolute atomic E-state index is 12.6. The van der Waals surface area contributed by atoms with Gasteiger partial charge in [-0.25, -0.2) is 0 Å². The van der Waals surface area contributed by atoms with Crippen molar-refractivity contribution in [2.45, 2.75) is 44.6 Å². The van der Waals surface area contributed by atoms with Crippen LogP contribution in [0.1, 0.15) is 26.2 Å². The minimum Gasteiger partial charge on any atom is -0.272 e. The first kappa shape index (κ1) is 19.9. The van der Waals surface area contributed by atoms with Crippen molar-refractivity contribution in [3.05, 3.63) is 0 Å². The minimum atomic E-state index is -5.49. The Morgan fingerprint density at radius 3 is 1.96 bits per heavy atom. The van der Waals surface area contributed by atoms with E-state index in [1.54, 1.807) is 6.92 Å². The van der Waals surface area contributed by atoms with Crippen molar-refractivity contribution in [3.8, 4) is 0 Å². The zero-order chi connectivity index (χ0) is 18.9. The van der Waals surface area contributed by atoms with Crippen LogP contribution in [0.4, 0.5) is 26.3 Å². The van der Waals surface area contributed by atoms with Crippen LogP contribution in [0.25, 0.3) is 0 Å². The Morgan fingerprint density at radius 2 is 1.54 bits per heavy atom. The molecule has 0 bridgehead atoms. The summed E-state index contributed by atoms with van der Waals surface area (Å²) in [7, 11) is 0. The van der Waals surface area contributed by atoms with Crippen LogP contribution in [-0.2, 0) is 19.2 Å². The molecule has 0 radical (unpaired) electrons. The lowest BCUT2D eigenvalue weighted by Crippen LogP contribution is -2.66.